The second-order valence-electron chi connectivity index (χ2n) is 4.49. The number of alkyl halides is 1. The van der Waals surface area contributed by atoms with Gasteiger partial charge in [0.2, 0.25) is 0 Å². The van der Waals surface area contributed by atoms with Gasteiger partial charge in [0.1, 0.15) is 22.0 Å². The van der Waals surface area contributed by atoms with Crippen LogP contribution in [0, 0.1) is 5.92 Å². The summed E-state index contributed by atoms with van der Waals surface area (Å²) in [7, 11) is 0. The Kier molecular flexibility index (Phi) is 2.11. The van der Waals surface area contributed by atoms with E-state index in [2.05, 4.69) is 15.9 Å². The summed E-state index contributed by atoms with van der Waals surface area (Å²) in [6.45, 7) is 4.09. The molecule has 2 atom stereocenters. The predicted octanol–water partition coefficient (Wildman–Crippen LogP) is 2.59. The number of hydrogen-bond acceptors (Lipinski definition) is 2. The Bertz CT molecular complexity index is 330. The van der Waals surface area contributed by atoms with Gasteiger partial charge in [0.25, 0.3) is 0 Å². The molecule has 0 N–H and O–H groups in total. The van der Waals surface area contributed by atoms with E-state index in [1.807, 2.05) is 32.1 Å². The average molecular weight is 257 g/mol. The van der Waals surface area contributed by atoms with Crippen molar-refractivity contribution < 1.29 is 9.53 Å². The lowest BCUT2D eigenvalue weighted by Crippen LogP contribution is -2.32. The molecule has 76 valence electrons. The molecule has 2 unspecified atom stereocenters. The molecule has 3 heteroatoms. The zero-order valence-corrected chi connectivity index (χ0v) is 9.87. The van der Waals surface area contributed by atoms with Crippen molar-refractivity contribution in [1.29, 1.82) is 0 Å². The maximum atomic E-state index is 11.1. The van der Waals surface area contributed by atoms with E-state index < -0.39 is 4.32 Å². The SMILES string of the molecule is CC1(C)CC2C(=CC=CC2(Br)C=O)O1. The van der Waals surface area contributed by atoms with Gasteiger partial charge in [0.05, 0.1) is 0 Å². The Hall–Kier alpha value is -0.570. The minimum absolute atomic E-state index is 0.139. The maximum absolute atomic E-state index is 11.1. The number of carbonyl (C=O) groups excluding carboxylic acids is 1. The Balaban J connectivity index is 2.36. The van der Waals surface area contributed by atoms with E-state index in [1.54, 1.807) is 0 Å². The molecule has 2 aliphatic rings. The number of allylic oxidation sites excluding steroid dienone is 4. The van der Waals surface area contributed by atoms with E-state index in [0.717, 1.165) is 18.5 Å². The summed E-state index contributed by atoms with van der Waals surface area (Å²) in [6.07, 6.45) is 7.52. The summed E-state index contributed by atoms with van der Waals surface area (Å²) >= 11 is 3.48. The highest BCUT2D eigenvalue weighted by molar-refractivity contribution is 9.10. The van der Waals surface area contributed by atoms with Crippen LogP contribution in [0.1, 0.15) is 20.3 Å². The Morgan fingerprint density at radius 1 is 1.64 bits per heavy atom. The molecule has 0 aromatic carbocycles. The predicted molar refractivity (Wildman–Crippen MR) is 58.2 cm³/mol. The van der Waals surface area contributed by atoms with Crippen molar-refractivity contribution >= 4 is 22.2 Å². The third kappa shape index (κ3) is 1.44. The van der Waals surface area contributed by atoms with Crippen molar-refractivity contribution in [3.63, 3.8) is 0 Å². The summed E-state index contributed by atoms with van der Waals surface area (Å²) < 4.78 is 5.21. The molecule has 0 spiro atoms. The van der Waals surface area contributed by atoms with E-state index in [4.69, 9.17) is 4.74 Å². The molecule has 1 fully saturated rings. The van der Waals surface area contributed by atoms with E-state index in [-0.39, 0.29) is 11.5 Å². The minimum atomic E-state index is -0.565. The number of carbonyl (C=O) groups is 1. The van der Waals surface area contributed by atoms with Gasteiger partial charge in [-0.3, -0.25) is 0 Å². The molecule has 14 heavy (non-hydrogen) atoms. The first-order valence-electron chi connectivity index (χ1n) is 4.70. The zero-order valence-electron chi connectivity index (χ0n) is 8.29. The van der Waals surface area contributed by atoms with Crippen molar-refractivity contribution in [1.82, 2.24) is 0 Å². The first-order chi connectivity index (χ1) is 6.47. The van der Waals surface area contributed by atoms with Crippen LogP contribution in [-0.4, -0.2) is 16.2 Å². The molecule has 0 aromatic rings. The number of fused-ring (bicyclic) bond motifs is 1. The highest BCUT2D eigenvalue weighted by atomic mass is 79.9. The molecule has 0 saturated carbocycles. The first-order valence-corrected chi connectivity index (χ1v) is 5.50. The molecule has 0 aromatic heterocycles. The van der Waals surface area contributed by atoms with Crippen molar-refractivity contribution in [3.8, 4) is 0 Å². The summed E-state index contributed by atoms with van der Waals surface area (Å²) in [5.41, 5.74) is -0.162. The van der Waals surface area contributed by atoms with E-state index in [9.17, 15) is 4.79 Å². The van der Waals surface area contributed by atoms with E-state index in [0.29, 0.717) is 0 Å². The quantitative estimate of drug-likeness (QED) is 0.533. The second-order valence-corrected chi connectivity index (χ2v) is 5.87. The summed E-state index contributed by atoms with van der Waals surface area (Å²) in [5, 5.41) is 0. The molecule has 0 radical (unpaired) electrons. The summed E-state index contributed by atoms with van der Waals surface area (Å²) in [4.78, 5) is 11.1. The van der Waals surface area contributed by atoms with Gasteiger partial charge in [-0.25, -0.2) is 0 Å². The third-order valence-electron chi connectivity index (χ3n) is 2.76. The van der Waals surface area contributed by atoms with Gasteiger partial charge in [-0.05, 0) is 26.3 Å². The van der Waals surface area contributed by atoms with Crippen LogP contribution in [0.2, 0.25) is 0 Å². The van der Waals surface area contributed by atoms with Crippen molar-refractivity contribution in [2.24, 2.45) is 5.92 Å². The molecular formula is C11H13BrO2. The van der Waals surface area contributed by atoms with Crippen LogP contribution in [0.25, 0.3) is 0 Å². The normalized spacial score (nSPS) is 38.5. The van der Waals surface area contributed by atoms with Crippen LogP contribution in [0.3, 0.4) is 0 Å². The van der Waals surface area contributed by atoms with E-state index >= 15 is 0 Å². The number of aldehydes is 1. The van der Waals surface area contributed by atoms with Crippen LogP contribution < -0.4 is 0 Å². The van der Waals surface area contributed by atoms with Crippen molar-refractivity contribution in [2.75, 3.05) is 0 Å². The van der Waals surface area contributed by atoms with Crippen LogP contribution in [0.15, 0.2) is 24.0 Å². The lowest BCUT2D eigenvalue weighted by atomic mass is 9.83. The Labute approximate surface area is 92.1 Å². The largest absolute Gasteiger partial charge is 0.492 e. The molecule has 1 aliphatic carbocycles. The molecule has 1 heterocycles. The van der Waals surface area contributed by atoms with E-state index in [1.165, 1.54) is 0 Å². The van der Waals surface area contributed by atoms with Gasteiger partial charge in [-0.15, -0.1) is 0 Å². The molecule has 0 amide bonds. The van der Waals surface area contributed by atoms with Gasteiger partial charge in [-0.2, -0.15) is 0 Å². The molecule has 2 rings (SSSR count). The molecule has 1 aliphatic heterocycles. The van der Waals surface area contributed by atoms with Crippen molar-refractivity contribution in [2.45, 2.75) is 30.2 Å². The second kappa shape index (κ2) is 2.96. The van der Waals surface area contributed by atoms with Crippen LogP contribution in [0.5, 0.6) is 0 Å². The molecule has 2 nitrogen and oxygen atoms in total. The van der Waals surface area contributed by atoms with Gasteiger partial charge >= 0.3 is 0 Å². The Morgan fingerprint density at radius 2 is 2.36 bits per heavy atom. The van der Waals surface area contributed by atoms with Crippen molar-refractivity contribution in [3.05, 3.63) is 24.0 Å². The minimum Gasteiger partial charge on any atom is -0.492 e. The topological polar surface area (TPSA) is 26.3 Å². The van der Waals surface area contributed by atoms with Gasteiger partial charge in [0, 0.05) is 5.92 Å². The molecule has 1 saturated heterocycles. The summed E-state index contributed by atoms with van der Waals surface area (Å²) in [6, 6.07) is 0. The number of halogens is 1. The smallest absolute Gasteiger partial charge is 0.141 e. The fraction of sp³-hybridized carbons (Fsp3) is 0.545. The average Bonchev–Trinajstić information content (AvgIpc) is 2.42. The third-order valence-corrected chi connectivity index (χ3v) is 3.76. The maximum Gasteiger partial charge on any atom is 0.141 e. The fourth-order valence-corrected chi connectivity index (χ4v) is 2.62. The highest BCUT2D eigenvalue weighted by Gasteiger charge is 2.48. The highest BCUT2D eigenvalue weighted by Crippen LogP contribution is 2.48. The lowest BCUT2D eigenvalue weighted by molar-refractivity contribution is -0.109. The van der Waals surface area contributed by atoms with Gasteiger partial charge in [0.15, 0.2) is 0 Å². The molecule has 0 bridgehead atoms. The van der Waals surface area contributed by atoms with Crippen LogP contribution in [0.4, 0.5) is 0 Å². The standard InChI is InChI=1S/C11H13BrO2/c1-10(2)6-8-9(14-10)4-3-5-11(8,12)7-13/h3-5,7-8H,6H2,1-2H3. The Morgan fingerprint density at radius 3 is 3.00 bits per heavy atom. The zero-order chi connectivity index (χ0) is 10.4. The lowest BCUT2D eigenvalue weighted by Gasteiger charge is -2.26. The monoisotopic (exact) mass is 256 g/mol. The number of rotatable bonds is 1. The molecular weight excluding hydrogens is 244 g/mol. The van der Waals surface area contributed by atoms with Gasteiger partial charge in [-0.1, -0.05) is 28.1 Å². The number of ether oxygens (including phenoxy) is 1. The van der Waals surface area contributed by atoms with Crippen LogP contribution >= 0.6 is 15.9 Å². The first kappa shape index (κ1) is 9.97. The fourth-order valence-electron chi connectivity index (χ4n) is 2.08. The number of hydrogen-bond donors (Lipinski definition) is 0. The summed E-state index contributed by atoms with van der Waals surface area (Å²) in [5.74, 6) is 1.06. The van der Waals surface area contributed by atoms with Gasteiger partial charge < -0.3 is 9.53 Å². The van der Waals surface area contributed by atoms with Crippen LogP contribution in [-0.2, 0) is 9.53 Å².